The Morgan fingerprint density at radius 3 is 3.00 bits per heavy atom. The molecule has 4 nitrogen and oxygen atoms in total. The number of nitrogens with one attached hydrogen (secondary N) is 1. The lowest BCUT2D eigenvalue weighted by atomic mass is 10.2. The van der Waals surface area contributed by atoms with E-state index in [2.05, 4.69) is 28.2 Å². The molecule has 0 aliphatic heterocycles. The van der Waals surface area contributed by atoms with Crippen molar-refractivity contribution in [1.82, 2.24) is 10.3 Å². The third kappa shape index (κ3) is 4.10. The topological polar surface area (TPSA) is 41.3 Å². The van der Waals surface area contributed by atoms with Crippen molar-refractivity contribution >= 4 is 5.82 Å². The maximum atomic E-state index is 5.35. The molecular weight excluding hydrogens is 238 g/mol. The van der Waals surface area contributed by atoms with Gasteiger partial charge in [0, 0.05) is 19.8 Å². The standard InChI is InChI=1S/C15H21N3O/c1-3-7-16-11-13-6-8-17-15(10-13)18(2)12-14-5-4-9-19-14/h4-6,8-10,16H,3,7,11-12H2,1-2H3. The van der Waals surface area contributed by atoms with Crippen molar-refractivity contribution in [2.45, 2.75) is 26.4 Å². The predicted molar refractivity (Wildman–Crippen MR) is 77.0 cm³/mol. The first kappa shape index (κ1) is 13.6. The first-order valence-electron chi connectivity index (χ1n) is 6.68. The summed E-state index contributed by atoms with van der Waals surface area (Å²) in [5, 5.41) is 3.40. The number of pyridine rings is 1. The quantitative estimate of drug-likeness (QED) is 0.776. The van der Waals surface area contributed by atoms with E-state index in [1.165, 1.54) is 5.56 Å². The molecule has 1 N–H and O–H groups in total. The zero-order valence-electron chi connectivity index (χ0n) is 11.6. The largest absolute Gasteiger partial charge is 0.467 e. The molecule has 102 valence electrons. The van der Waals surface area contributed by atoms with E-state index in [0.29, 0.717) is 0 Å². The molecule has 2 heterocycles. The fourth-order valence-electron chi connectivity index (χ4n) is 1.91. The number of nitrogens with zero attached hydrogens (tertiary/aromatic N) is 2. The summed E-state index contributed by atoms with van der Waals surface area (Å²) >= 11 is 0. The van der Waals surface area contributed by atoms with Gasteiger partial charge in [0.1, 0.15) is 11.6 Å². The summed E-state index contributed by atoms with van der Waals surface area (Å²) in [5.41, 5.74) is 1.25. The first-order valence-corrected chi connectivity index (χ1v) is 6.68. The molecule has 0 aliphatic rings. The Labute approximate surface area is 114 Å². The molecule has 0 aliphatic carbocycles. The van der Waals surface area contributed by atoms with Gasteiger partial charge < -0.3 is 14.6 Å². The highest BCUT2D eigenvalue weighted by molar-refractivity contribution is 5.40. The molecule has 0 bridgehead atoms. The van der Waals surface area contributed by atoms with Crippen LogP contribution in [0.5, 0.6) is 0 Å². The van der Waals surface area contributed by atoms with Crippen LogP contribution in [0.4, 0.5) is 5.82 Å². The molecule has 0 radical (unpaired) electrons. The minimum atomic E-state index is 0.728. The molecule has 0 saturated heterocycles. The fraction of sp³-hybridized carbons (Fsp3) is 0.400. The van der Waals surface area contributed by atoms with Gasteiger partial charge in [-0.1, -0.05) is 6.92 Å². The number of rotatable bonds is 7. The highest BCUT2D eigenvalue weighted by Gasteiger charge is 2.06. The molecule has 0 atom stereocenters. The normalized spacial score (nSPS) is 10.6. The van der Waals surface area contributed by atoms with E-state index < -0.39 is 0 Å². The van der Waals surface area contributed by atoms with Crippen LogP contribution < -0.4 is 10.2 Å². The summed E-state index contributed by atoms with van der Waals surface area (Å²) in [6.07, 6.45) is 4.70. The van der Waals surface area contributed by atoms with Crippen LogP contribution in [0.1, 0.15) is 24.7 Å². The molecule has 0 unspecified atom stereocenters. The Balaban J connectivity index is 1.97. The van der Waals surface area contributed by atoms with Gasteiger partial charge in [-0.2, -0.15) is 0 Å². The van der Waals surface area contributed by atoms with Crippen molar-refractivity contribution in [2.75, 3.05) is 18.5 Å². The van der Waals surface area contributed by atoms with Crippen LogP contribution in [0, 0.1) is 0 Å². The van der Waals surface area contributed by atoms with Crippen LogP contribution in [0.3, 0.4) is 0 Å². The number of aromatic nitrogens is 1. The number of hydrogen-bond donors (Lipinski definition) is 1. The lowest BCUT2D eigenvalue weighted by Crippen LogP contribution is -2.18. The summed E-state index contributed by atoms with van der Waals surface area (Å²) in [5.74, 6) is 1.91. The number of furan rings is 1. The second-order valence-corrected chi connectivity index (χ2v) is 4.63. The fourth-order valence-corrected chi connectivity index (χ4v) is 1.91. The molecule has 2 rings (SSSR count). The second kappa shape index (κ2) is 6.95. The summed E-state index contributed by atoms with van der Waals surface area (Å²) < 4.78 is 5.35. The van der Waals surface area contributed by atoms with Gasteiger partial charge in [0.2, 0.25) is 0 Å². The smallest absolute Gasteiger partial charge is 0.128 e. The summed E-state index contributed by atoms with van der Waals surface area (Å²) in [4.78, 5) is 6.49. The number of hydrogen-bond acceptors (Lipinski definition) is 4. The van der Waals surface area contributed by atoms with Crippen LogP contribution >= 0.6 is 0 Å². The van der Waals surface area contributed by atoms with Crippen LogP contribution in [-0.2, 0) is 13.1 Å². The maximum absolute atomic E-state index is 5.35. The van der Waals surface area contributed by atoms with Gasteiger partial charge in [-0.05, 0) is 42.8 Å². The molecule has 0 fully saturated rings. The SMILES string of the molecule is CCCNCc1ccnc(N(C)Cc2ccco2)c1. The Morgan fingerprint density at radius 1 is 1.37 bits per heavy atom. The van der Waals surface area contributed by atoms with E-state index in [4.69, 9.17) is 4.42 Å². The highest BCUT2D eigenvalue weighted by atomic mass is 16.3. The van der Waals surface area contributed by atoms with Gasteiger partial charge in [0.25, 0.3) is 0 Å². The van der Waals surface area contributed by atoms with E-state index in [9.17, 15) is 0 Å². The van der Waals surface area contributed by atoms with E-state index in [1.54, 1.807) is 6.26 Å². The zero-order chi connectivity index (χ0) is 13.5. The predicted octanol–water partition coefficient (Wildman–Crippen LogP) is 2.81. The van der Waals surface area contributed by atoms with Crippen LogP contribution in [0.2, 0.25) is 0 Å². The molecule has 4 heteroatoms. The average molecular weight is 259 g/mol. The average Bonchev–Trinajstić information content (AvgIpc) is 2.92. The van der Waals surface area contributed by atoms with Gasteiger partial charge in [0.05, 0.1) is 12.8 Å². The molecular formula is C15H21N3O. The zero-order valence-corrected chi connectivity index (χ0v) is 11.6. The Hall–Kier alpha value is -1.81. The van der Waals surface area contributed by atoms with Crippen LogP contribution in [0.25, 0.3) is 0 Å². The van der Waals surface area contributed by atoms with Gasteiger partial charge >= 0.3 is 0 Å². The van der Waals surface area contributed by atoms with Gasteiger partial charge in [-0.15, -0.1) is 0 Å². The maximum Gasteiger partial charge on any atom is 0.128 e. The Bertz CT molecular complexity index is 482. The summed E-state index contributed by atoms with van der Waals surface area (Å²) in [6.45, 7) is 4.83. The van der Waals surface area contributed by atoms with Crippen molar-refractivity contribution in [3.63, 3.8) is 0 Å². The third-order valence-corrected chi connectivity index (χ3v) is 2.93. The molecule has 19 heavy (non-hydrogen) atoms. The highest BCUT2D eigenvalue weighted by Crippen LogP contribution is 2.14. The van der Waals surface area contributed by atoms with Gasteiger partial charge in [-0.25, -0.2) is 4.98 Å². The minimum absolute atomic E-state index is 0.728. The van der Waals surface area contributed by atoms with Gasteiger partial charge in [-0.3, -0.25) is 0 Å². The molecule has 2 aromatic rings. The van der Waals surface area contributed by atoms with Crippen molar-refractivity contribution in [3.8, 4) is 0 Å². The van der Waals surface area contributed by atoms with Crippen LogP contribution in [-0.4, -0.2) is 18.6 Å². The van der Waals surface area contributed by atoms with Crippen molar-refractivity contribution in [2.24, 2.45) is 0 Å². The van der Waals surface area contributed by atoms with E-state index >= 15 is 0 Å². The third-order valence-electron chi connectivity index (χ3n) is 2.93. The van der Waals surface area contributed by atoms with E-state index in [-0.39, 0.29) is 0 Å². The van der Waals surface area contributed by atoms with Crippen molar-refractivity contribution in [1.29, 1.82) is 0 Å². The molecule has 0 aromatic carbocycles. The molecule has 0 spiro atoms. The minimum Gasteiger partial charge on any atom is -0.467 e. The molecule has 0 amide bonds. The number of anilines is 1. The summed E-state index contributed by atoms with van der Waals surface area (Å²) in [7, 11) is 2.02. The first-order chi connectivity index (χ1) is 9.29. The lowest BCUT2D eigenvalue weighted by molar-refractivity contribution is 0.507. The van der Waals surface area contributed by atoms with Crippen molar-refractivity contribution < 1.29 is 4.42 Å². The Morgan fingerprint density at radius 2 is 2.26 bits per heavy atom. The lowest BCUT2D eigenvalue weighted by Gasteiger charge is -2.17. The summed E-state index contributed by atoms with van der Waals surface area (Å²) in [6, 6.07) is 8.04. The van der Waals surface area contributed by atoms with Crippen LogP contribution in [0.15, 0.2) is 41.1 Å². The van der Waals surface area contributed by atoms with Crippen molar-refractivity contribution in [3.05, 3.63) is 48.0 Å². The monoisotopic (exact) mass is 259 g/mol. The molecule has 0 saturated carbocycles. The Kier molecular flexibility index (Phi) is 4.98. The second-order valence-electron chi connectivity index (χ2n) is 4.63. The van der Waals surface area contributed by atoms with E-state index in [0.717, 1.165) is 37.6 Å². The molecule has 2 aromatic heterocycles. The van der Waals surface area contributed by atoms with Gasteiger partial charge in [0.15, 0.2) is 0 Å². The van der Waals surface area contributed by atoms with E-state index in [1.807, 2.05) is 31.4 Å².